The van der Waals surface area contributed by atoms with E-state index < -0.39 is 16.1 Å². The Labute approximate surface area is 143 Å². The summed E-state index contributed by atoms with van der Waals surface area (Å²) in [4.78, 5) is 14.3. The zero-order valence-electron chi connectivity index (χ0n) is 14.6. The molecule has 7 nitrogen and oxygen atoms in total. The highest BCUT2D eigenvalue weighted by molar-refractivity contribution is 7.89. The summed E-state index contributed by atoms with van der Waals surface area (Å²) < 4.78 is 31.2. The van der Waals surface area contributed by atoms with Gasteiger partial charge in [0.1, 0.15) is 16.7 Å². The van der Waals surface area contributed by atoms with E-state index in [2.05, 4.69) is 5.32 Å². The minimum absolute atomic E-state index is 0.0281. The number of nitrogens with zero attached hydrogens (tertiary/aromatic N) is 2. The number of amides is 1. The summed E-state index contributed by atoms with van der Waals surface area (Å²) in [6, 6.07) is 4.38. The molecular formula is C16H25N3O4S. The van der Waals surface area contributed by atoms with Crippen LogP contribution in [0, 0.1) is 0 Å². The van der Waals surface area contributed by atoms with Gasteiger partial charge in [-0.2, -0.15) is 0 Å². The number of methoxy groups -OCH3 is 1. The highest BCUT2D eigenvalue weighted by Crippen LogP contribution is 2.29. The Kier molecular flexibility index (Phi) is 5.71. The van der Waals surface area contributed by atoms with E-state index in [1.54, 1.807) is 19.1 Å². The van der Waals surface area contributed by atoms with Gasteiger partial charge in [0.15, 0.2) is 0 Å². The van der Waals surface area contributed by atoms with Gasteiger partial charge >= 0.3 is 0 Å². The summed E-state index contributed by atoms with van der Waals surface area (Å²) in [7, 11) is 0.720. The molecule has 1 aromatic carbocycles. The second-order valence-electron chi connectivity index (χ2n) is 6.05. The maximum absolute atomic E-state index is 12.4. The first-order chi connectivity index (χ1) is 11.3. The maximum Gasteiger partial charge on any atom is 0.246 e. The molecule has 1 unspecified atom stereocenters. The summed E-state index contributed by atoms with van der Waals surface area (Å²) in [5, 5.41) is 3.09. The number of hydrogen-bond donors (Lipinski definition) is 1. The maximum atomic E-state index is 12.4. The second-order valence-corrected chi connectivity index (χ2v) is 8.17. The molecule has 24 heavy (non-hydrogen) atoms. The molecule has 1 aliphatic rings. The zero-order chi connectivity index (χ0) is 17.9. The van der Waals surface area contributed by atoms with Crippen LogP contribution in [0.4, 0.5) is 5.69 Å². The van der Waals surface area contributed by atoms with Crippen molar-refractivity contribution in [3.05, 3.63) is 18.2 Å². The van der Waals surface area contributed by atoms with Crippen LogP contribution in [0.3, 0.4) is 0 Å². The molecule has 0 spiro atoms. The summed E-state index contributed by atoms with van der Waals surface area (Å²) in [6.07, 6.45) is 2.07. The minimum Gasteiger partial charge on any atom is -0.495 e. The number of anilines is 1. The minimum atomic E-state index is -3.64. The van der Waals surface area contributed by atoms with Crippen LogP contribution in [-0.2, 0) is 14.8 Å². The molecule has 0 bridgehead atoms. The number of likely N-dealkylation sites (tertiary alicyclic amines) is 1. The van der Waals surface area contributed by atoms with Crippen molar-refractivity contribution in [3.63, 3.8) is 0 Å². The van der Waals surface area contributed by atoms with Gasteiger partial charge in [0.25, 0.3) is 0 Å². The molecule has 1 aliphatic heterocycles. The Hall–Kier alpha value is -1.80. The van der Waals surface area contributed by atoms with Gasteiger partial charge in [-0.3, -0.25) is 4.79 Å². The van der Waals surface area contributed by atoms with E-state index in [0.29, 0.717) is 5.69 Å². The Bertz CT molecular complexity index is 697. The predicted molar refractivity (Wildman–Crippen MR) is 92.8 cm³/mol. The Balaban J connectivity index is 2.24. The zero-order valence-corrected chi connectivity index (χ0v) is 15.4. The van der Waals surface area contributed by atoms with Crippen molar-refractivity contribution in [1.29, 1.82) is 0 Å². The number of carbonyl (C=O) groups is 1. The highest BCUT2D eigenvalue weighted by Gasteiger charge is 2.25. The molecule has 1 saturated heterocycles. The molecule has 1 atom stereocenters. The lowest BCUT2D eigenvalue weighted by molar-refractivity contribution is -0.130. The largest absolute Gasteiger partial charge is 0.495 e. The van der Waals surface area contributed by atoms with Crippen molar-refractivity contribution in [2.75, 3.05) is 39.6 Å². The molecule has 8 heteroatoms. The van der Waals surface area contributed by atoms with E-state index >= 15 is 0 Å². The fourth-order valence-corrected chi connectivity index (χ4v) is 3.76. The lowest BCUT2D eigenvalue weighted by Crippen LogP contribution is -2.39. The van der Waals surface area contributed by atoms with Crippen LogP contribution in [0.5, 0.6) is 5.75 Å². The molecule has 134 valence electrons. The Morgan fingerprint density at radius 2 is 1.92 bits per heavy atom. The Morgan fingerprint density at radius 1 is 1.29 bits per heavy atom. The van der Waals surface area contributed by atoms with Crippen LogP contribution in [0.1, 0.15) is 19.8 Å². The molecule has 0 aromatic heterocycles. The number of benzene rings is 1. The fraction of sp³-hybridized carbons (Fsp3) is 0.562. The van der Waals surface area contributed by atoms with E-state index in [9.17, 15) is 13.2 Å². The summed E-state index contributed by atoms with van der Waals surface area (Å²) >= 11 is 0. The molecule has 1 N–H and O–H groups in total. The van der Waals surface area contributed by atoms with Crippen LogP contribution in [0.2, 0.25) is 0 Å². The van der Waals surface area contributed by atoms with Gasteiger partial charge in [-0.05, 0) is 38.0 Å². The van der Waals surface area contributed by atoms with Crippen molar-refractivity contribution >= 4 is 21.6 Å². The van der Waals surface area contributed by atoms with E-state index in [1.165, 1.54) is 27.3 Å². The molecule has 1 aromatic rings. The van der Waals surface area contributed by atoms with Gasteiger partial charge in [-0.15, -0.1) is 0 Å². The van der Waals surface area contributed by atoms with Crippen LogP contribution >= 0.6 is 0 Å². The topological polar surface area (TPSA) is 79.0 Å². The predicted octanol–water partition coefficient (Wildman–Crippen LogP) is 1.37. The Morgan fingerprint density at radius 3 is 2.46 bits per heavy atom. The molecule has 1 amide bonds. The molecular weight excluding hydrogens is 330 g/mol. The SMILES string of the molecule is COc1ccc(NC(C)C(=O)N2CCCC2)cc1S(=O)(=O)N(C)C. The monoisotopic (exact) mass is 355 g/mol. The molecule has 2 rings (SSSR count). The van der Waals surface area contributed by atoms with Crippen molar-refractivity contribution in [2.45, 2.75) is 30.7 Å². The first-order valence-electron chi connectivity index (χ1n) is 7.93. The number of rotatable bonds is 6. The summed E-state index contributed by atoms with van der Waals surface area (Å²) in [6.45, 7) is 3.35. The average molecular weight is 355 g/mol. The van der Waals surface area contributed by atoms with Gasteiger partial charge in [0, 0.05) is 32.9 Å². The van der Waals surface area contributed by atoms with Crippen LogP contribution < -0.4 is 10.1 Å². The van der Waals surface area contributed by atoms with Gasteiger partial charge in [0.2, 0.25) is 15.9 Å². The number of carbonyl (C=O) groups excluding carboxylic acids is 1. The van der Waals surface area contributed by atoms with Crippen LogP contribution in [-0.4, -0.2) is 63.9 Å². The lowest BCUT2D eigenvalue weighted by Gasteiger charge is -2.22. The lowest BCUT2D eigenvalue weighted by atomic mass is 10.2. The van der Waals surface area contributed by atoms with Crippen molar-refractivity contribution in [2.24, 2.45) is 0 Å². The smallest absolute Gasteiger partial charge is 0.246 e. The molecule has 1 heterocycles. The van der Waals surface area contributed by atoms with Gasteiger partial charge in [-0.1, -0.05) is 0 Å². The van der Waals surface area contributed by atoms with Crippen LogP contribution in [0.25, 0.3) is 0 Å². The first kappa shape index (κ1) is 18.5. The van der Waals surface area contributed by atoms with E-state index in [4.69, 9.17) is 4.74 Å². The fourth-order valence-electron chi connectivity index (χ4n) is 2.69. The molecule has 1 fully saturated rings. The average Bonchev–Trinajstić information content (AvgIpc) is 3.08. The first-order valence-corrected chi connectivity index (χ1v) is 9.37. The van der Waals surface area contributed by atoms with Crippen molar-refractivity contribution in [1.82, 2.24) is 9.21 Å². The van der Waals surface area contributed by atoms with Gasteiger partial charge in [0.05, 0.1) is 7.11 Å². The third-order valence-corrected chi connectivity index (χ3v) is 5.93. The second kappa shape index (κ2) is 7.40. The molecule has 0 aliphatic carbocycles. The van der Waals surface area contributed by atoms with E-state index in [-0.39, 0.29) is 16.6 Å². The summed E-state index contributed by atoms with van der Waals surface area (Å²) in [5.74, 6) is 0.299. The molecule has 0 radical (unpaired) electrons. The van der Waals surface area contributed by atoms with Crippen molar-refractivity contribution < 1.29 is 17.9 Å². The summed E-state index contributed by atoms with van der Waals surface area (Å²) in [5.41, 5.74) is 0.566. The molecule has 0 saturated carbocycles. The number of ether oxygens (including phenoxy) is 1. The number of sulfonamides is 1. The van der Waals surface area contributed by atoms with E-state index in [0.717, 1.165) is 30.2 Å². The third-order valence-electron chi connectivity index (χ3n) is 4.09. The number of nitrogens with one attached hydrogen (secondary N) is 1. The standard InChI is InChI=1S/C16H25N3O4S/c1-12(16(20)19-9-5-6-10-19)17-13-7-8-14(23-4)15(11-13)24(21,22)18(2)3/h7-8,11-12,17H,5-6,9-10H2,1-4H3. The van der Waals surface area contributed by atoms with Crippen molar-refractivity contribution in [3.8, 4) is 5.75 Å². The third kappa shape index (κ3) is 3.81. The number of hydrogen-bond acceptors (Lipinski definition) is 5. The highest BCUT2D eigenvalue weighted by atomic mass is 32.2. The van der Waals surface area contributed by atoms with E-state index in [1.807, 2.05) is 4.90 Å². The van der Waals surface area contributed by atoms with Gasteiger partial charge in [-0.25, -0.2) is 12.7 Å². The normalized spacial score (nSPS) is 16.3. The quantitative estimate of drug-likeness (QED) is 0.834. The van der Waals surface area contributed by atoms with Crippen LogP contribution in [0.15, 0.2) is 23.1 Å². The van der Waals surface area contributed by atoms with Gasteiger partial charge < -0.3 is 15.0 Å².